The summed E-state index contributed by atoms with van der Waals surface area (Å²) in [5.74, 6) is -0.349. The molecule has 0 aromatic heterocycles. The number of phenols is 1. The molecule has 2 aromatic carbocycles. The van der Waals surface area contributed by atoms with Crippen LogP contribution in [0.2, 0.25) is 0 Å². The molecule has 1 atom stereocenters. The number of phenolic OH excluding ortho intramolecular Hbond substituents is 1. The Morgan fingerprint density at radius 2 is 1.85 bits per heavy atom. The number of benzene rings is 2. The third-order valence-electron chi connectivity index (χ3n) is 4.59. The second-order valence-electron chi connectivity index (χ2n) is 6.59. The van der Waals surface area contributed by atoms with Crippen LogP contribution in [-0.2, 0) is 16.1 Å². The van der Waals surface area contributed by atoms with Gasteiger partial charge in [0.2, 0.25) is 5.91 Å². The largest absolute Gasteiger partial charge is 0.508 e. The minimum atomic E-state index is -0.288. The van der Waals surface area contributed by atoms with E-state index in [1.165, 1.54) is 0 Å². The standard InChI is InChI=1S/C21H24N2O4/c24-19-11-5-4-9-17(19)14-23(15-18-10-6-12-27-18)20(25)13-22-21(26)16-7-2-1-3-8-16/h1-5,7-9,11,18,24H,6,10,12-15H2,(H,22,26). The maximum absolute atomic E-state index is 12.8. The summed E-state index contributed by atoms with van der Waals surface area (Å²) < 4.78 is 5.65. The molecule has 2 amide bonds. The lowest BCUT2D eigenvalue weighted by atomic mass is 10.1. The average Bonchev–Trinajstić information content (AvgIpc) is 3.21. The lowest BCUT2D eigenvalue weighted by Gasteiger charge is -2.26. The van der Waals surface area contributed by atoms with Gasteiger partial charge in [0, 0.05) is 30.8 Å². The van der Waals surface area contributed by atoms with Crippen LogP contribution in [0.15, 0.2) is 54.6 Å². The Bertz CT molecular complexity index is 773. The number of ether oxygens (including phenoxy) is 1. The zero-order valence-electron chi connectivity index (χ0n) is 15.1. The molecule has 2 aromatic rings. The SMILES string of the molecule is O=C(NCC(=O)N(Cc1ccccc1O)CC1CCCO1)c1ccccc1. The summed E-state index contributed by atoms with van der Waals surface area (Å²) in [5, 5.41) is 12.7. The van der Waals surface area contributed by atoms with Crippen LogP contribution in [0.4, 0.5) is 0 Å². The first-order valence-electron chi connectivity index (χ1n) is 9.13. The van der Waals surface area contributed by atoms with Crippen molar-refractivity contribution in [1.29, 1.82) is 0 Å². The van der Waals surface area contributed by atoms with E-state index in [1.54, 1.807) is 47.4 Å². The number of hydrogen-bond acceptors (Lipinski definition) is 4. The Morgan fingerprint density at radius 1 is 1.11 bits per heavy atom. The first kappa shape index (κ1) is 18.9. The molecule has 1 unspecified atom stereocenters. The zero-order chi connectivity index (χ0) is 19.1. The molecule has 3 rings (SSSR count). The molecule has 0 aliphatic carbocycles. The molecule has 1 aliphatic rings. The molecule has 2 N–H and O–H groups in total. The van der Waals surface area contributed by atoms with Gasteiger partial charge in [-0.3, -0.25) is 9.59 Å². The van der Waals surface area contributed by atoms with E-state index in [0.29, 0.717) is 24.3 Å². The molecule has 6 heteroatoms. The van der Waals surface area contributed by atoms with Crippen molar-refractivity contribution in [3.05, 3.63) is 65.7 Å². The highest BCUT2D eigenvalue weighted by atomic mass is 16.5. The number of nitrogens with zero attached hydrogens (tertiary/aromatic N) is 1. The minimum Gasteiger partial charge on any atom is -0.508 e. The van der Waals surface area contributed by atoms with Crippen LogP contribution in [0.25, 0.3) is 0 Å². The van der Waals surface area contributed by atoms with Gasteiger partial charge < -0.3 is 20.1 Å². The van der Waals surface area contributed by atoms with Gasteiger partial charge in [-0.15, -0.1) is 0 Å². The van der Waals surface area contributed by atoms with Gasteiger partial charge in [0.05, 0.1) is 12.6 Å². The minimum absolute atomic E-state index is 0.00960. The fourth-order valence-electron chi connectivity index (χ4n) is 3.10. The average molecular weight is 368 g/mol. The van der Waals surface area contributed by atoms with Crippen molar-refractivity contribution < 1.29 is 19.4 Å². The highest BCUT2D eigenvalue weighted by Crippen LogP contribution is 2.20. The first-order valence-corrected chi connectivity index (χ1v) is 9.13. The number of amides is 2. The first-order chi connectivity index (χ1) is 13.1. The van der Waals surface area contributed by atoms with Crippen molar-refractivity contribution in [2.24, 2.45) is 0 Å². The van der Waals surface area contributed by atoms with Gasteiger partial charge in [0.1, 0.15) is 5.75 Å². The van der Waals surface area contributed by atoms with Crippen LogP contribution in [0, 0.1) is 0 Å². The second kappa shape index (κ2) is 9.19. The fraction of sp³-hybridized carbons (Fsp3) is 0.333. The monoisotopic (exact) mass is 368 g/mol. The molecule has 0 radical (unpaired) electrons. The maximum atomic E-state index is 12.8. The van der Waals surface area contributed by atoms with Crippen molar-refractivity contribution in [2.45, 2.75) is 25.5 Å². The highest BCUT2D eigenvalue weighted by molar-refractivity contribution is 5.96. The lowest BCUT2D eigenvalue weighted by molar-refractivity contribution is -0.132. The topological polar surface area (TPSA) is 78.9 Å². The van der Waals surface area contributed by atoms with E-state index in [4.69, 9.17) is 4.74 Å². The van der Waals surface area contributed by atoms with Crippen molar-refractivity contribution in [3.63, 3.8) is 0 Å². The summed E-state index contributed by atoms with van der Waals surface area (Å²) in [5.41, 5.74) is 1.18. The summed E-state index contributed by atoms with van der Waals surface area (Å²) in [4.78, 5) is 26.6. The maximum Gasteiger partial charge on any atom is 0.251 e. The van der Waals surface area contributed by atoms with Crippen LogP contribution in [-0.4, -0.2) is 47.6 Å². The van der Waals surface area contributed by atoms with Gasteiger partial charge in [-0.25, -0.2) is 0 Å². The van der Waals surface area contributed by atoms with E-state index in [2.05, 4.69) is 5.32 Å². The molecule has 1 heterocycles. The van der Waals surface area contributed by atoms with Gasteiger partial charge in [-0.2, -0.15) is 0 Å². The van der Waals surface area contributed by atoms with E-state index < -0.39 is 0 Å². The van der Waals surface area contributed by atoms with E-state index in [1.807, 2.05) is 12.1 Å². The summed E-state index contributed by atoms with van der Waals surface area (Å²) in [6, 6.07) is 15.7. The number of rotatable bonds is 7. The smallest absolute Gasteiger partial charge is 0.251 e. The summed E-state index contributed by atoms with van der Waals surface area (Å²) in [6.07, 6.45) is 1.87. The van der Waals surface area contributed by atoms with Gasteiger partial charge in [0.25, 0.3) is 5.91 Å². The summed E-state index contributed by atoms with van der Waals surface area (Å²) in [7, 11) is 0. The molecular weight excluding hydrogens is 344 g/mol. The number of carbonyl (C=O) groups is 2. The van der Waals surface area contributed by atoms with Crippen molar-refractivity contribution in [1.82, 2.24) is 10.2 Å². The molecule has 0 saturated carbocycles. The zero-order valence-corrected chi connectivity index (χ0v) is 15.1. The Morgan fingerprint density at radius 3 is 2.56 bits per heavy atom. The predicted molar refractivity (Wildman–Crippen MR) is 101 cm³/mol. The number of para-hydroxylation sites is 1. The van der Waals surface area contributed by atoms with Crippen molar-refractivity contribution in [3.8, 4) is 5.75 Å². The highest BCUT2D eigenvalue weighted by Gasteiger charge is 2.23. The number of hydrogen-bond donors (Lipinski definition) is 2. The Labute approximate surface area is 158 Å². The summed E-state index contributed by atoms with van der Waals surface area (Å²) in [6.45, 7) is 1.31. The third kappa shape index (κ3) is 5.31. The van der Waals surface area contributed by atoms with Crippen LogP contribution in [0.3, 0.4) is 0 Å². The second-order valence-corrected chi connectivity index (χ2v) is 6.59. The van der Waals surface area contributed by atoms with Gasteiger partial charge in [-0.05, 0) is 31.0 Å². The van der Waals surface area contributed by atoms with E-state index >= 15 is 0 Å². The van der Waals surface area contributed by atoms with Gasteiger partial charge >= 0.3 is 0 Å². The van der Waals surface area contributed by atoms with E-state index in [0.717, 1.165) is 12.8 Å². The number of carbonyl (C=O) groups excluding carboxylic acids is 2. The van der Waals surface area contributed by atoms with Crippen molar-refractivity contribution >= 4 is 11.8 Å². The molecule has 1 fully saturated rings. The molecular formula is C21H24N2O4. The van der Waals surface area contributed by atoms with Gasteiger partial charge in [-0.1, -0.05) is 36.4 Å². The molecule has 1 aliphatic heterocycles. The molecule has 0 spiro atoms. The number of aromatic hydroxyl groups is 1. The van der Waals surface area contributed by atoms with Crippen LogP contribution < -0.4 is 5.32 Å². The van der Waals surface area contributed by atoms with E-state index in [-0.39, 0.29) is 36.8 Å². The van der Waals surface area contributed by atoms with Crippen LogP contribution >= 0.6 is 0 Å². The third-order valence-corrected chi connectivity index (χ3v) is 4.59. The Hall–Kier alpha value is -2.86. The normalized spacial score (nSPS) is 16.1. The van der Waals surface area contributed by atoms with Gasteiger partial charge in [0.15, 0.2) is 0 Å². The summed E-state index contributed by atoms with van der Waals surface area (Å²) >= 11 is 0. The van der Waals surface area contributed by atoms with Crippen LogP contribution in [0.1, 0.15) is 28.8 Å². The molecule has 0 bridgehead atoms. The predicted octanol–water partition coefficient (Wildman–Crippen LogP) is 2.33. The quantitative estimate of drug-likeness (QED) is 0.786. The van der Waals surface area contributed by atoms with Crippen molar-refractivity contribution in [2.75, 3.05) is 19.7 Å². The molecule has 27 heavy (non-hydrogen) atoms. The Balaban J connectivity index is 1.64. The van der Waals surface area contributed by atoms with Crippen LogP contribution in [0.5, 0.6) is 5.75 Å². The molecule has 142 valence electrons. The molecule has 6 nitrogen and oxygen atoms in total. The number of nitrogens with one attached hydrogen (secondary N) is 1. The Kier molecular flexibility index (Phi) is 6.44. The fourth-order valence-corrected chi connectivity index (χ4v) is 3.10. The molecule has 1 saturated heterocycles. The van der Waals surface area contributed by atoms with E-state index in [9.17, 15) is 14.7 Å². The lowest BCUT2D eigenvalue weighted by Crippen LogP contribution is -2.43.